The van der Waals surface area contributed by atoms with Gasteiger partial charge in [0.1, 0.15) is 41.3 Å². The number of thioether (sulfide) groups is 1. The number of ether oxygens (including phenoxy) is 1. The maximum atomic E-state index is 13.9. The number of aromatic amines is 1. The molecular weight excluding hydrogens is 408 g/mol. The van der Waals surface area contributed by atoms with Crippen LogP contribution in [0.3, 0.4) is 0 Å². The molecule has 0 saturated heterocycles. The lowest BCUT2D eigenvalue weighted by Crippen LogP contribution is -2.15. The highest BCUT2D eigenvalue weighted by Gasteiger charge is 2.18. The summed E-state index contributed by atoms with van der Waals surface area (Å²) in [6, 6.07) is 9.58. The molecule has 0 aliphatic rings. The molecule has 28 heavy (non-hydrogen) atoms. The SMILES string of the molecule is CSc1nc(-c2cc(Cl)ccc2OCc2ccc(F)cc2F)c(C#N)c(=O)[nH]1. The first-order valence-electron chi connectivity index (χ1n) is 7.88. The van der Waals surface area contributed by atoms with Crippen molar-refractivity contribution >= 4 is 23.4 Å². The minimum Gasteiger partial charge on any atom is -0.488 e. The molecule has 1 heterocycles. The lowest BCUT2D eigenvalue weighted by molar-refractivity contribution is 0.300. The highest BCUT2D eigenvalue weighted by atomic mass is 35.5. The van der Waals surface area contributed by atoms with Gasteiger partial charge < -0.3 is 9.72 Å². The van der Waals surface area contributed by atoms with Crippen molar-refractivity contribution in [3.05, 3.63) is 74.5 Å². The fourth-order valence-corrected chi connectivity index (χ4v) is 3.00. The number of benzene rings is 2. The lowest BCUT2D eigenvalue weighted by atomic mass is 10.1. The zero-order valence-electron chi connectivity index (χ0n) is 14.4. The average molecular weight is 420 g/mol. The van der Waals surface area contributed by atoms with E-state index in [2.05, 4.69) is 9.97 Å². The first kappa shape index (κ1) is 19.9. The number of nitrogens with one attached hydrogen (secondary N) is 1. The Morgan fingerprint density at radius 1 is 1.29 bits per heavy atom. The zero-order valence-corrected chi connectivity index (χ0v) is 16.0. The van der Waals surface area contributed by atoms with Gasteiger partial charge in [-0.1, -0.05) is 23.4 Å². The van der Waals surface area contributed by atoms with Crippen LogP contribution < -0.4 is 10.3 Å². The standard InChI is InChI=1S/C19H12ClF2N3O2S/c1-28-19-24-17(14(8-23)18(26)25-19)13-6-11(20)3-5-16(13)27-9-10-2-4-12(21)7-15(10)22/h2-7H,9H2,1H3,(H,24,25,26). The highest BCUT2D eigenvalue weighted by molar-refractivity contribution is 7.98. The van der Waals surface area contributed by atoms with Gasteiger partial charge in [-0.3, -0.25) is 4.79 Å². The molecular formula is C19H12ClF2N3O2S. The Balaban J connectivity index is 2.06. The van der Waals surface area contributed by atoms with Gasteiger partial charge in [-0.15, -0.1) is 0 Å². The van der Waals surface area contributed by atoms with Gasteiger partial charge in [0.25, 0.3) is 5.56 Å². The number of halogens is 3. The van der Waals surface area contributed by atoms with Crippen LogP contribution in [-0.2, 0) is 6.61 Å². The number of hydrogen-bond acceptors (Lipinski definition) is 5. The quantitative estimate of drug-likeness (QED) is 0.485. The minimum absolute atomic E-state index is 0.104. The normalized spacial score (nSPS) is 10.5. The third-order valence-corrected chi connectivity index (χ3v) is 4.61. The molecule has 0 spiro atoms. The van der Waals surface area contributed by atoms with E-state index in [0.717, 1.165) is 12.1 Å². The summed E-state index contributed by atoms with van der Waals surface area (Å²) in [5, 5.41) is 10.0. The second-order valence-electron chi connectivity index (χ2n) is 5.58. The molecule has 0 aliphatic heterocycles. The Morgan fingerprint density at radius 3 is 2.75 bits per heavy atom. The summed E-state index contributed by atoms with van der Waals surface area (Å²) in [5.41, 5.74) is -0.225. The molecule has 3 rings (SSSR count). The summed E-state index contributed by atoms with van der Waals surface area (Å²) in [6.45, 7) is -0.193. The van der Waals surface area contributed by atoms with Gasteiger partial charge in [0.05, 0.1) is 0 Å². The van der Waals surface area contributed by atoms with Crippen LogP contribution in [0.1, 0.15) is 11.1 Å². The molecule has 142 valence electrons. The molecule has 0 aliphatic carbocycles. The largest absolute Gasteiger partial charge is 0.488 e. The Morgan fingerprint density at radius 2 is 2.07 bits per heavy atom. The van der Waals surface area contributed by atoms with Crippen LogP contribution in [0.25, 0.3) is 11.3 Å². The van der Waals surface area contributed by atoms with Crippen molar-refractivity contribution < 1.29 is 13.5 Å². The number of nitriles is 1. The summed E-state index contributed by atoms with van der Waals surface area (Å²) in [4.78, 5) is 19.0. The van der Waals surface area contributed by atoms with E-state index in [9.17, 15) is 18.8 Å². The van der Waals surface area contributed by atoms with Crippen LogP contribution in [0.4, 0.5) is 8.78 Å². The third-order valence-electron chi connectivity index (χ3n) is 3.80. The number of nitrogens with zero attached hydrogens (tertiary/aromatic N) is 2. The van der Waals surface area contributed by atoms with E-state index in [1.165, 1.54) is 30.0 Å². The second kappa shape index (κ2) is 8.42. The van der Waals surface area contributed by atoms with Crippen molar-refractivity contribution in [3.8, 4) is 23.1 Å². The highest BCUT2D eigenvalue weighted by Crippen LogP contribution is 2.34. The first-order valence-corrected chi connectivity index (χ1v) is 9.48. The van der Waals surface area contributed by atoms with E-state index in [4.69, 9.17) is 16.3 Å². The number of H-pyrrole nitrogens is 1. The van der Waals surface area contributed by atoms with Gasteiger partial charge >= 0.3 is 0 Å². The van der Waals surface area contributed by atoms with Gasteiger partial charge in [-0.2, -0.15) is 5.26 Å². The topological polar surface area (TPSA) is 78.8 Å². The van der Waals surface area contributed by atoms with Gasteiger partial charge in [0, 0.05) is 22.2 Å². The van der Waals surface area contributed by atoms with Crippen molar-refractivity contribution in [3.63, 3.8) is 0 Å². The number of hydrogen-bond donors (Lipinski definition) is 1. The predicted octanol–water partition coefficient (Wildman–Crippen LogP) is 4.54. The molecule has 0 atom stereocenters. The van der Waals surface area contributed by atoms with Crippen molar-refractivity contribution in [1.82, 2.24) is 9.97 Å². The van der Waals surface area contributed by atoms with Crippen LogP contribution in [0.2, 0.25) is 5.02 Å². The van der Waals surface area contributed by atoms with E-state index >= 15 is 0 Å². The smallest absolute Gasteiger partial charge is 0.270 e. The molecule has 0 radical (unpaired) electrons. The Labute approximate surface area is 168 Å². The Kier molecular flexibility index (Phi) is 5.97. The van der Waals surface area contributed by atoms with Crippen LogP contribution in [0.15, 0.2) is 46.3 Å². The van der Waals surface area contributed by atoms with E-state index < -0.39 is 17.2 Å². The summed E-state index contributed by atoms with van der Waals surface area (Å²) in [5.74, 6) is -1.19. The molecule has 0 fully saturated rings. The molecule has 3 aromatic rings. The Bertz CT molecular complexity index is 1140. The van der Waals surface area contributed by atoms with Crippen LogP contribution in [0.5, 0.6) is 5.75 Å². The van der Waals surface area contributed by atoms with Gasteiger partial charge in [-0.05, 0) is 36.6 Å². The van der Waals surface area contributed by atoms with Gasteiger partial charge in [0.2, 0.25) is 0 Å². The van der Waals surface area contributed by atoms with E-state index in [1.54, 1.807) is 12.3 Å². The summed E-state index contributed by atoms with van der Waals surface area (Å²) in [6.07, 6.45) is 1.72. The predicted molar refractivity (Wildman–Crippen MR) is 102 cm³/mol. The second-order valence-corrected chi connectivity index (χ2v) is 6.81. The van der Waals surface area contributed by atoms with Crippen molar-refractivity contribution in [2.45, 2.75) is 11.8 Å². The monoisotopic (exact) mass is 419 g/mol. The minimum atomic E-state index is -0.743. The Hall–Kier alpha value is -2.89. The number of aromatic nitrogens is 2. The molecule has 1 N–H and O–H groups in total. The molecule has 5 nitrogen and oxygen atoms in total. The van der Waals surface area contributed by atoms with E-state index in [0.29, 0.717) is 15.7 Å². The maximum Gasteiger partial charge on any atom is 0.270 e. The average Bonchev–Trinajstić information content (AvgIpc) is 2.67. The summed E-state index contributed by atoms with van der Waals surface area (Å²) in [7, 11) is 0. The van der Waals surface area contributed by atoms with Crippen LogP contribution in [-0.4, -0.2) is 16.2 Å². The van der Waals surface area contributed by atoms with Crippen LogP contribution in [0, 0.1) is 23.0 Å². The van der Waals surface area contributed by atoms with Crippen molar-refractivity contribution in [1.29, 1.82) is 5.26 Å². The molecule has 0 bridgehead atoms. The lowest BCUT2D eigenvalue weighted by Gasteiger charge is -2.13. The third kappa shape index (κ3) is 4.16. The molecule has 0 saturated carbocycles. The van der Waals surface area contributed by atoms with Crippen molar-refractivity contribution in [2.24, 2.45) is 0 Å². The van der Waals surface area contributed by atoms with Crippen molar-refractivity contribution in [2.75, 3.05) is 6.26 Å². The van der Waals surface area contributed by atoms with Gasteiger partial charge in [-0.25, -0.2) is 13.8 Å². The molecule has 1 aromatic heterocycles. The number of rotatable bonds is 5. The van der Waals surface area contributed by atoms with E-state index in [-0.39, 0.29) is 29.2 Å². The molecule has 0 amide bonds. The molecule has 9 heteroatoms. The fraction of sp³-hybridized carbons (Fsp3) is 0.105. The molecule has 0 unspecified atom stereocenters. The van der Waals surface area contributed by atoms with E-state index in [1.807, 2.05) is 6.07 Å². The molecule has 2 aromatic carbocycles. The van der Waals surface area contributed by atoms with Gasteiger partial charge in [0.15, 0.2) is 5.16 Å². The summed E-state index contributed by atoms with van der Waals surface area (Å²) < 4.78 is 32.6. The summed E-state index contributed by atoms with van der Waals surface area (Å²) >= 11 is 7.28. The van der Waals surface area contributed by atoms with Crippen LogP contribution >= 0.6 is 23.4 Å². The first-order chi connectivity index (χ1) is 13.4. The zero-order chi connectivity index (χ0) is 20.3. The maximum absolute atomic E-state index is 13.9. The fourth-order valence-electron chi connectivity index (χ4n) is 2.46.